The normalized spacial score (nSPS) is 19.3. The molecule has 1 fully saturated rings. The first-order chi connectivity index (χ1) is 11.6. The summed E-state index contributed by atoms with van der Waals surface area (Å²) < 4.78 is 0. The van der Waals surface area contributed by atoms with E-state index < -0.39 is 0 Å². The molecule has 0 spiro atoms. The SMILES string of the molecule is CC[C@@H](C)C(=O)N1CCCCC1c1ncc(-c2ccc(C)cc2)[nH]1. The van der Waals surface area contributed by atoms with Crippen LogP contribution in [0.15, 0.2) is 30.5 Å². The molecule has 1 saturated heterocycles. The van der Waals surface area contributed by atoms with E-state index in [4.69, 9.17) is 0 Å². The Bertz CT molecular complexity index is 689. The summed E-state index contributed by atoms with van der Waals surface area (Å²) in [4.78, 5) is 22.8. The molecule has 2 aromatic rings. The summed E-state index contributed by atoms with van der Waals surface area (Å²) in [6.07, 6.45) is 6.00. The number of amides is 1. The number of imidazole rings is 1. The summed E-state index contributed by atoms with van der Waals surface area (Å²) >= 11 is 0. The minimum atomic E-state index is 0.0807. The zero-order valence-electron chi connectivity index (χ0n) is 14.9. The van der Waals surface area contributed by atoms with Gasteiger partial charge in [-0.2, -0.15) is 0 Å². The molecule has 0 bridgehead atoms. The minimum Gasteiger partial charge on any atom is -0.340 e. The monoisotopic (exact) mass is 325 g/mol. The topological polar surface area (TPSA) is 49.0 Å². The number of carbonyl (C=O) groups is 1. The Morgan fingerprint density at radius 2 is 2.08 bits per heavy atom. The van der Waals surface area contributed by atoms with E-state index in [2.05, 4.69) is 48.1 Å². The van der Waals surface area contributed by atoms with Crippen molar-refractivity contribution in [1.82, 2.24) is 14.9 Å². The predicted molar refractivity (Wildman–Crippen MR) is 96.5 cm³/mol. The number of H-pyrrole nitrogens is 1. The number of benzene rings is 1. The highest BCUT2D eigenvalue weighted by Gasteiger charge is 2.31. The number of rotatable bonds is 4. The Morgan fingerprint density at radius 1 is 1.33 bits per heavy atom. The van der Waals surface area contributed by atoms with Crippen LogP contribution in [0.4, 0.5) is 0 Å². The molecular formula is C20H27N3O. The fourth-order valence-electron chi connectivity index (χ4n) is 3.32. The van der Waals surface area contributed by atoms with E-state index in [0.717, 1.165) is 49.3 Å². The molecular weight excluding hydrogens is 298 g/mol. The number of likely N-dealkylation sites (tertiary alicyclic amines) is 1. The lowest BCUT2D eigenvalue weighted by Gasteiger charge is -2.36. The molecule has 4 nitrogen and oxygen atoms in total. The quantitative estimate of drug-likeness (QED) is 0.900. The molecule has 2 heterocycles. The zero-order chi connectivity index (χ0) is 17.1. The van der Waals surface area contributed by atoms with Gasteiger partial charge in [-0.15, -0.1) is 0 Å². The molecule has 1 N–H and O–H groups in total. The van der Waals surface area contributed by atoms with Crippen molar-refractivity contribution in [3.63, 3.8) is 0 Å². The third-order valence-corrected chi connectivity index (χ3v) is 5.09. The summed E-state index contributed by atoms with van der Waals surface area (Å²) in [5.74, 6) is 1.26. The maximum Gasteiger partial charge on any atom is 0.226 e. The number of aromatic amines is 1. The summed E-state index contributed by atoms with van der Waals surface area (Å²) in [5.41, 5.74) is 3.40. The Labute approximate surface area is 144 Å². The van der Waals surface area contributed by atoms with E-state index in [1.54, 1.807) is 0 Å². The van der Waals surface area contributed by atoms with Gasteiger partial charge in [-0.1, -0.05) is 43.7 Å². The van der Waals surface area contributed by atoms with Gasteiger partial charge in [0.15, 0.2) is 0 Å². The molecule has 24 heavy (non-hydrogen) atoms. The van der Waals surface area contributed by atoms with Crippen molar-refractivity contribution in [3.05, 3.63) is 41.9 Å². The molecule has 1 amide bonds. The molecule has 1 aliphatic heterocycles. The van der Waals surface area contributed by atoms with Gasteiger partial charge in [-0.3, -0.25) is 4.79 Å². The average Bonchev–Trinajstić information content (AvgIpc) is 3.11. The molecule has 1 aliphatic rings. The second-order valence-electron chi connectivity index (χ2n) is 6.90. The van der Waals surface area contributed by atoms with Crippen molar-refractivity contribution in [3.8, 4) is 11.3 Å². The van der Waals surface area contributed by atoms with Crippen LogP contribution in [0.3, 0.4) is 0 Å². The zero-order valence-corrected chi connectivity index (χ0v) is 14.9. The third kappa shape index (κ3) is 3.37. The second kappa shape index (κ2) is 7.20. The van der Waals surface area contributed by atoms with Gasteiger partial charge >= 0.3 is 0 Å². The van der Waals surface area contributed by atoms with Crippen molar-refractivity contribution < 1.29 is 4.79 Å². The summed E-state index contributed by atoms with van der Waals surface area (Å²) in [6, 6.07) is 8.51. The molecule has 128 valence electrons. The fraction of sp³-hybridized carbons (Fsp3) is 0.500. The number of aromatic nitrogens is 2. The summed E-state index contributed by atoms with van der Waals surface area (Å²) in [6.45, 7) is 7.02. The first-order valence-electron chi connectivity index (χ1n) is 9.02. The average molecular weight is 325 g/mol. The van der Waals surface area contributed by atoms with Gasteiger partial charge in [0.05, 0.1) is 17.9 Å². The maximum atomic E-state index is 12.7. The number of piperidine rings is 1. The van der Waals surface area contributed by atoms with Crippen LogP contribution < -0.4 is 0 Å². The molecule has 4 heteroatoms. The third-order valence-electron chi connectivity index (χ3n) is 5.09. The summed E-state index contributed by atoms with van der Waals surface area (Å²) in [7, 11) is 0. The van der Waals surface area contributed by atoms with Crippen LogP contribution in [-0.4, -0.2) is 27.3 Å². The molecule has 3 rings (SSSR count). The van der Waals surface area contributed by atoms with E-state index in [9.17, 15) is 4.79 Å². The number of nitrogens with zero attached hydrogens (tertiary/aromatic N) is 2. The van der Waals surface area contributed by atoms with E-state index >= 15 is 0 Å². The highest BCUT2D eigenvalue weighted by molar-refractivity contribution is 5.79. The largest absolute Gasteiger partial charge is 0.340 e. The highest BCUT2D eigenvalue weighted by atomic mass is 16.2. The van der Waals surface area contributed by atoms with Gasteiger partial charge in [0.25, 0.3) is 0 Å². The second-order valence-corrected chi connectivity index (χ2v) is 6.90. The Morgan fingerprint density at radius 3 is 2.79 bits per heavy atom. The first-order valence-corrected chi connectivity index (χ1v) is 9.02. The van der Waals surface area contributed by atoms with Crippen LogP contribution in [-0.2, 0) is 4.79 Å². The van der Waals surface area contributed by atoms with E-state index in [-0.39, 0.29) is 17.9 Å². The predicted octanol–water partition coefficient (Wildman–Crippen LogP) is 4.48. The molecule has 2 atom stereocenters. The number of hydrogen-bond donors (Lipinski definition) is 1. The molecule has 1 aromatic heterocycles. The number of aryl methyl sites for hydroxylation is 1. The van der Waals surface area contributed by atoms with E-state index in [0.29, 0.717) is 0 Å². The molecule has 1 unspecified atom stereocenters. The van der Waals surface area contributed by atoms with Crippen molar-refractivity contribution in [2.75, 3.05) is 6.54 Å². The standard InChI is InChI=1S/C20H27N3O/c1-4-15(3)20(24)23-12-6-5-7-18(23)19-21-13-17(22-19)16-10-8-14(2)9-11-16/h8-11,13,15,18H,4-7,12H2,1-3H3,(H,21,22)/t15-,18?/m1/s1. The number of hydrogen-bond acceptors (Lipinski definition) is 2. The Hall–Kier alpha value is -2.10. The molecule has 0 saturated carbocycles. The maximum absolute atomic E-state index is 12.7. The van der Waals surface area contributed by atoms with Gasteiger partial charge in [-0.05, 0) is 38.2 Å². The van der Waals surface area contributed by atoms with Crippen molar-refractivity contribution in [1.29, 1.82) is 0 Å². The number of carbonyl (C=O) groups excluding carboxylic acids is 1. The smallest absolute Gasteiger partial charge is 0.226 e. The lowest BCUT2D eigenvalue weighted by molar-refractivity contribution is -0.139. The van der Waals surface area contributed by atoms with Gasteiger partial charge < -0.3 is 9.88 Å². The first kappa shape index (κ1) is 16.7. The lowest BCUT2D eigenvalue weighted by atomic mass is 9.98. The Kier molecular flexibility index (Phi) is 5.03. The Balaban J connectivity index is 1.84. The van der Waals surface area contributed by atoms with Crippen LogP contribution in [0, 0.1) is 12.8 Å². The fourth-order valence-corrected chi connectivity index (χ4v) is 3.32. The van der Waals surface area contributed by atoms with Crippen molar-refractivity contribution in [2.45, 2.75) is 52.5 Å². The molecule has 0 aliphatic carbocycles. The van der Waals surface area contributed by atoms with Crippen molar-refractivity contribution >= 4 is 5.91 Å². The highest BCUT2D eigenvalue weighted by Crippen LogP contribution is 2.32. The van der Waals surface area contributed by atoms with Crippen LogP contribution in [0.5, 0.6) is 0 Å². The van der Waals surface area contributed by atoms with Crippen LogP contribution >= 0.6 is 0 Å². The van der Waals surface area contributed by atoms with Gasteiger partial charge in [0.2, 0.25) is 5.91 Å². The van der Waals surface area contributed by atoms with E-state index in [1.165, 1.54) is 5.56 Å². The van der Waals surface area contributed by atoms with Gasteiger partial charge in [0, 0.05) is 12.5 Å². The number of nitrogens with one attached hydrogen (secondary N) is 1. The van der Waals surface area contributed by atoms with Crippen LogP contribution in [0.2, 0.25) is 0 Å². The minimum absolute atomic E-state index is 0.0807. The van der Waals surface area contributed by atoms with E-state index in [1.807, 2.05) is 18.0 Å². The molecule has 1 aromatic carbocycles. The summed E-state index contributed by atoms with van der Waals surface area (Å²) in [5, 5.41) is 0. The van der Waals surface area contributed by atoms with Crippen LogP contribution in [0.25, 0.3) is 11.3 Å². The van der Waals surface area contributed by atoms with Gasteiger partial charge in [0.1, 0.15) is 5.82 Å². The van der Waals surface area contributed by atoms with Crippen LogP contribution in [0.1, 0.15) is 57.0 Å². The van der Waals surface area contributed by atoms with Crippen molar-refractivity contribution in [2.24, 2.45) is 5.92 Å². The lowest BCUT2D eigenvalue weighted by Crippen LogP contribution is -2.41. The van der Waals surface area contributed by atoms with Gasteiger partial charge in [-0.25, -0.2) is 4.98 Å². The molecule has 0 radical (unpaired) electrons.